The van der Waals surface area contributed by atoms with Crippen LogP contribution >= 0.6 is 11.6 Å². The summed E-state index contributed by atoms with van der Waals surface area (Å²) in [4.78, 5) is 26.9. The first-order valence-electron chi connectivity index (χ1n) is 9.96. The lowest BCUT2D eigenvalue weighted by atomic mass is 10.1. The summed E-state index contributed by atoms with van der Waals surface area (Å²) in [6.45, 7) is 7.43. The SMILES string of the molecule is CC(=O)c1ccccc1NC(=O)C[NH+]1CC[NH+](CCOc2ccc(Cl)cc2)CC1. The molecule has 3 N–H and O–H groups in total. The molecule has 1 heterocycles. The van der Waals surface area contributed by atoms with E-state index in [1.807, 2.05) is 30.3 Å². The van der Waals surface area contributed by atoms with Crippen molar-refractivity contribution in [2.45, 2.75) is 6.92 Å². The Bertz CT molecular complexity index is 833. The topological polar surface area (TPSA) is 64.3 Å². The molecule has 7 heteroatoms. The normalized spacial score (nSPS) is 18.8. The van der Waals surface area contributed by atoms with Crippen molar-refractivity contribution in [2.24, 2.45) is 0 Å². The molecular weight excluding hydrogens is 390 g/mol. The zero-order chi connectivity index (χ0) is 20.6. The number of hydrogen-bond acceptors (Lipinski definition) is 3. The molecule has 0 unspecified atom stereocenters. The van der Waals surface area contributed by atoms with E-state index in [1.165, 1.54) is 16.7 Å². The van der Waals surface area contributed by atoms with Gasteiger partial charge in [-0.2, -0.15) is 0 Å². The second kappa shape index (κ2) is 10.4. The Hall–Kier alpha value is -2.41. The summed E-state index contributed by atoms with van der Waals surface area (Å²) < 4.78 is 5.77. The van der Waals surface area contributed by atoms with Crippen LogP contribution in [-0.4, -0.2) is 57.6 Å². The van der Waals surface area contributed by atoms with E-state index in [-0.39, 0.29) is 11.7 Å². The number of nitrogens with one attached hydrogen (secondary N) is 3. The van der Waals surface area contributed by atoms with Gasteiger partial charge in [-0.25, -0.2) is 0 Å². The van der Waals surface area contributed by atoms with Gasteiger partial charge in [-0.1, -0.05) is 23.7 Å². The Kier molecular flexibility index (Phi) is 7.63. The van der Waals surface area contributed by atoms with Crippen LogP contribution in [0.1, 0.15) is 17.3 Å². The second-order valence-electron chi connectivity index (χ2n) is 7.38. The van der Waals surface area contributed by atoms with E-state index in [9.17, 15) is 9.59 Å². The number of hydrogen-bond donors (Lipinski definition) is 3. The van der Waals surface area contributed by atoms with Crippen molar-refractivity contribution >= 4 is 29.0 Å². The molecule has 0 bridgehead atoms. The van der Waals surface area contributed by atoms with Crippen LogP contribution in [0.3, 0.4) is 0 Å². The molecule has 6 nitrogen and oxygen atoms in total. The maximum atomic E-state index is 12.4. The molecule has 1 aliphatic heterocycles. The van der Waals surface area contributed by atoms with Crippen molar-refractivity contribution in [2.75, 3.05) is 51.2 Å². The van der Waals surface area contributed by atoms with E-state index in [0.29, 0.717) is 29.4 Å². The van der Waals surface area contributed by atoms with E-state index in [2.05, 4.69) is 5.32 Å². The van der Waals surface area contributed by atoms with Crippen LogP contribution in [0.2, 0.25) is 5.02 Å². The van der Waals surface area contributed by atoms with Crippen molar-refractivity contribution < 1.29 is 24.1 Å². The number of piperazine rings is 1. The predicted molar refractivity (Wildman–Crippen MR) is 113 cm³/mol. The number of ether oxygens (including phenoxy) is 1. The maximum absolute atomic E-state index is 12.4. The summed E-state index contributed by atoms with van der Waals surface area (Å²) in [6, 6.07) is 14.5. The summed E-state index contributed by atoms with van der Waals surface area (Å²) in [5, 5.41) is 3.59. The Labute approximate surface area is 176 Å². The number of anilines is 1. The fourth-order valence-corrected chi connectivity index (χ4v) is 3.67. The molecule has 1 saturated heterocycles. The second-order valence-corrected chi connectivity index (χ2v) is 7.82. The van der Waals surface area contributed by atoms with Gasteiger partial charge in [0.1, 0.15) is 45.1 Å². The summed E-state index contributed by atoms with van der Waals surface area (Å²) >= 11 is 5.88. The third-order valence-corrected chi connectivity index (χ3v) is 5.45. The Balaban J connectivity index is 1.38. The minimum Gasteiger partial charge on any atom is -0.488 e. The molecule has 1 fully saturated rings. The van der Waals surface area contributed by atoms with E-state index in [1.54, 1.807) is 18.2 Å². The van der Waals surface area contributed by atoms with Gasteiger partial charge < -0.3 is 19.9 Å². The summed E-state index contributed by atoms with van der Waals surface area (Å²) in [5.41, 5.74) is 1.14. The Morgan fingerprint density at radius 1 is 1.00 bits per heavy atom. The third kappa shape index (κ3) is 6.56. The standard InChI is InChI=1S/C22H26ClN3O3/c1-17(27)20-4-2-3-5-21(20)24-22(28)16-26-12-10-25(11-13-26)14-15-29-19-8-6-18(23)7-9-19/h2-9H,10-16H2,1H3,(H,24,28)/p+2. The number of para-hydroxylation sites is 1. The van der Waals surface area contributed by atoms with E-state index in [0.717, 1.165) is 38.5 Å². The van der Waals surface area contributed by atoms with Gasteiger partial charge in [0.2, 0.25) is 0 Å². The number of quaternary nitrogens is 2. The number of carbonyl (C=O) groups excluding carboxylic acids is 2. The summed E-state index contributed by atoms with van der Waals surface area (Å²) in [6.07, 6.45) is 0. The molecule has 1 aliphatic rings. The number of benzene rings is 2. The van der Waals surface area contributed by atoms with Crippen LogP contribution in [-0.2, 0) is 4.79 Å². The van der Waals surface area contributed by atoms with Crippen LogP contribution in [0.15, 0.2) is 48.5 Å². The predicted octanol–water partition coefficient (Wildman–Crippen LogP) is 0.344. The van der Waals surface area contributed by atoms with Gasteiger partial charge in [0.25, 0.3) is 5.91 Å². The van der Waals surface area contributed by atoms with Crippen molar-refractivity contribution in [3.63, 3.8) is 0 Å². The highest BCUT2D eigenvalue weighted by molar-refractivity contribution is 6.30. The lowest BCUT2D eigenvalue weighted by Gasteiger charge is -2.29. The van der Waals surface area contributed by atoms with Gasteiger partial charge in [0.05, 0.1) is 5.69 Å². The number of amides is 1. The van der Waals surface area contributed by atoms with E-state index >= 15 is 0 Å². The first-order valence-corrected chi connectivity index (χ1v) is 10.3. The third-order valence-electron chi connectivity index (χ3n) is 5.19. The maximum Gasteiger partial charge on any atom is 0.279 e. The molecule has 1 amide bonds. The largest absolute Gasteiger partial charge is 0.488 e. The first kappa shape index (κ1) is 21.3. The van der Waals surface area contributed by atoms with Gasteiger partial charge in [0.15, 0.2) is 12.3 Å². The van der Waals surface area contributed by atoms with Crippen molar-refractivity contribution in [3.05, 3.63) is 59.1 Å². The molecule has 0 aromatic heterocycles. The van der Waals surface area contributed by atoms with Gasteiger partial charge in [0, 0.05) is 10.6 Å². The molecule has 0 atom stereocenters. The lowest BCUT2D eigenvalue weighted by molar-refractivity contribution is -1.01. The van der Waals surface area contributed by atoms with E-state index < -0.39 is 0 Å². The Morgan fingerprint density at radius 3 is 2.34 bits per heavy atom. The Morgan fingerprint density at radius 2 is 1.66 bits per heavy atom. The van der Waals surface area contributed by atoms with Gasteiger partial charge >= 0.3 is 0 Å². The highest BCUT2D eigenvalue weighted by atomic mass is 35.5. The first-order chi connectivity index (χ1) is 14.0. The molecule has 0 saturated carbocycles. The quantitative estimate of drug-likeness (QED) is 0.543. The number of halogens is 1. The summed E-state index contributed by atoms with van der Waals surface area (Å²) in [7, 11) is 0. The number of carbonyl (C=O) groups is 2. The smallest absolute Gasteiger partial charge is 0.279 e. The molecule has 2 aromatic carbocycles. The highest BCUT2D eigenvalue weighted by Gasteiger charge is 2.25. The van der Waals surface area contributed by atoms with Crippen molar-refractivity contribution in [3.8, 4) is 5.75 Å². The minimum atomic E-state index is -0.0526. The van der Waals surface area contributed by atoms with Crippen LogP contribution < -0.4 is 19.9 Å². The molecule has 0 spiro atoms. The minimum absolute atomic E-state index is 0.0497. The zero-order valence-corrected chi connectivity index (χ0v) is 17.4. The molecular formula is C22H28ClN3O3+2. The van der Waals surface area contributed by atoms with Gasteiger partial charge in [-0.15, -0.1) is 0 Å². The molecule has 154 valence electrons. The van der Waals surface area contributed by atoms with Crippen LogP contribution in [0.25, 0.3) is 0 Å². The van der Waals surface area contributed by atoms with Crippen LogP contribution in [0.5, 0.6) is 5.75 Å². The van der Waals surface area contributed by atoms with Crippen LogP contribution in [0.4, 0.5) is 5.69 Å². The van der Waals surface area contributed by atoms with Crippen LogP contribution in [0, 0.1) is 0 Å². The monoisotopic (exact) mass is 417 g/mol. The number of Topliss-reactive ketones (excluding diaryl/α,β-unsaturated/α-hetero) is 1. The highest BCUT2D eigenvalue weighted by Crippen LogP contribution is 2.15. The molecule has 0 radical (unpaired) electrons. The van der Waals surface area contributed by atoms with Gasteiger partial charge in [-0.3, -0.25) is 9.59 Å². The average Bonchev–Trinajstić information content (AvgIpc) is 2.71. The molecule has 0 aliphatic carbocycles. The van der Waals surface area contributed by atoms with Crippen molar-refractivity contribution in [1.82, 2.24) is 0 Å². The fourth-order valence-electron chi connectivity index (χ4n) is 3.55. The van der Waals surface area contributed by atoms with Crippen molar-refractivity contribution in [1.29, 1.82) is 0 Å². The van der Waals surface area contributed by atoms with E-state index in [4.69, 9.17) is 16.3 Å². The summed E-state index contributed by atoms with van der Waals surface area (Å²) in [5.74, 6) is 0.732. The lowest BCUT2D eigenvalue weighted by Crippen LogP contribution is -3.28. The average molecular weight is 418 g/mol. The molecule has 2 aromatic rings. The molecule has 3 rings (SSSR count). The number of ketones is 1. The zero-order valence-electron chi connectivity index (χ0n) is 16.7. The number of rotatable bonds is 8. The van der Waals surface area contributed by atoms with Gasteiger partial charge in [-0.05, 0) is 43.3 Å². The molecule has 29 heavy (non-hydrogen) atoms. The fraction of sp³-hybridized carbons (Fsp3) is 0.364.